The largest absolute Gasteiger partial charge is 0.264 e. The third kappa shape index (κ3) is 4.33. The van der Waals surface area contributed by atoms with E-state index in [1.807, 2.05) is 6.07 Å². The zero-order valence-corrected chi connectivity index (χ0v) is 14.9. The first-order valence-corrected chi connectivity index (χ1v) is 9.69. The monoisotopic (exact) mass is 370 g/mol. The van der Waals surface area contributed by atoms with Gasteiger partial charge in [-0.2, -0.15) is 4.31 Å². The molecule has 0 saturated heterocycles. The summed E-state index contributed by atoms with van der Waals surface area (Å²) in [7, 11) is -3.70. The highest BCUT2D eigenvalue weighted by atomic mass is 32.2. The summed E-state index contributed by atoms with van der Waals surface area (Å²) in [6, 6.07) is 18.3. The minimum Gasteiger partial charge on any atom is -0.264 e. The van der Waals surface area contributed by atoms with Crippen molar-refractivity contribution in [3.63, 3.8) is 0 Å². The molecule has 0 aliphatic heterocycles. The summed E-state index contributed by atoms with van der Waals surface area (Å²) in [5.74, 6) is -0.328. The number of rotatable bonds is 7. The fourth-order valence-corrected chi connectivity index (χ4v) is 4.12. The molecule has 0 aliphatic carbocycles. The van der Waals surface area contributed by atoms with Crippen molar-refractivity contribution in [3.05, 3.63) is 96.1 Å². The van der Waals surface area contributed by atoms with Crippen molar-refractivity contribution < 1.29 is 12.8 Å². The summed E-state index contributed by atoms with van der Waals surface area (Å²) in [5.41, 5.74) is 1.27. The zero-order valence-electron chi connectivity index (χ0n) is 14.1. The first kappa shape index (κ1) is 18.2. The Morgan fingerprint density at radius 2 is 1.65 bits per heavy atom. The van der Waals surface area contributed by atoms with Crippen molar-refractivity contribution in [1.82, 2.24) is 9.29 Å². The molecule has 0 bridgehead atoms. The molecule has 134 valence electrons. The number of benzene rings is 2. The number of sulfonamides is 1. The molecule has 0 aliphatic rings. The van der Waals surface area contributed by atoms with Crippen molar-refractivity contribution in [2.45, 2.75) is 17.9 Å². The van der Waals surface area contributed by atoms with Crippen molar-refractivity contribution >= 4 is 10.0 Å². The number of nitrogens with zero attached hydrogens (tertiary/aromatic N) is 2. The summed E-state index contributed by atoms with van der Waals surface area (Å²) in [4.78, 5) is 4.26. The molecule has 3 aromatic rings. The lowest BCUT2D eigenvalue weighted by atomic mass is 10.1. The van der Waals surface area contributed by atoms with Crippen molar-refractivity contribution in [3.8, 4) is 0 Å². The van der Waals surface area contributed by atoms with E-state index < -0.39 is 10.0 Å². The van der Waals surface area contributed by atoms with Crippen LogP contribution in [-0.4, -0.2) is 24.3 Å². The van der Waals surface area contributed by atoms with E-state index >= 15 is 0 Å². The molecule has 0 N–H and O–H groups in total. The van der Waals surface area contributed by atoms with Gasteiger partial charge in [-0.3, -0.25) is 4.98 Å². The van der Waals surface area contributed by atoms with Crippen LogP contribution in [0.2, 0.25) is 0 Å². The summed E-state index contributed by atoms with van der Waals surface area (Å²) in [6.07, 6.45) is 3.56. The molecule has 1 aromatic heterocycles. The molecular weight excluding hydrogens is 351 g/mol. The van der Waals surface area contributed by atoms with Crippen molar-refractivity contribution in [2.75, 3.05) is 6.54 Å². The molecule has 0 saturated carbocycles. The predicted molar refractivity (Wildman–Crippen MR) is 98.4 cm³/mol. The highest BCUT2D eigenvalue weighted by Gasteiger charge is 2.24. The minimum absolute atomic E-state index is 0.174. The lowest BCUT2D eigenvalue weighted by molar-refractivity contribution is 0.406. The third-order valence-electron chi connectivity index (χ3n) is 4.05. The van der Waals surface area contributed by atoms with E-state index in [1.54, 1.807) is 67.0 Å². The quantitative estimate of drug-likeness (QED) is 0.638. The Morgan fingerprint density at radius 3 is 2.35 bits per heavy atom. The van der Waals surface area contributed by atoms with Crippen molar-refractivity contribution in [2.24, 2.45) is 0 Å². The summed E-state index contributed by atoms with van der Waals surface area (Å²) in [6.45, 7) is 0.354. The highest BCUT2D eigenvalue weighted by Crippen LogP contribution is 2.19. The summed E-state index contributed by atoms with van der Waals surface area (Å²) >= 11 is 0. The summed E-state index contributed by atoms with van der Waals surface area (Å²) in [5, 5.41) is 0. The van der Waals surface area contributed by atoms with Gasteiger partial charge in [0.05, 0.1) is 4.90 Å². The Labute approximate surface area is 153 Å². The maximum atomic E-state index is 13.9. The maximum Gasteiger partial charge on any atom is 0.243 e. The predicted octanol–water partition coefficient (Wildman–Crippen LogP) is 3.65. The molecule has 0 spiro atoms. The molecule has 2 aromatic carbocycles. The van der Waals surface area contributed by atoms with E-state index in [2.05, 4.69) is 4.98 Å². The highest BCUT2D eigenvalue weighted by molar-refractivity contribution is 7.89. The first-order chi connectivity index (χ1) is 12.6. The second-order valence-corrected chi connectivity index (χ2v) is 7.79. The molecular formula is C20H19FN2O2S. The number of hydrogen-bond acceptors (Lipinski definition) is 3. The second-order valence-electron chi connectivity index (χ2n) is 5.85. The van der Waals surface area contributed by atoms with E-state index in [-0.39, 0.29) is 23.8 Å². The van der Waals surface area contributed by atoms with Crippen LogP contribution in [0, 0.1) is 5.82 Å². The van der Waals surface area contributed by atoms with Gasteiger partial charge in [0.1, 0.15) is 5.82 Å². The van der Waals surface area contributed by atoms with Crippen LogP contribution >= 0.6 is 0 Å². The van der Waals surface area contributed by atoms with Gasteiger partial charge in [0.15, 0.2) is 0 Å². The number of pyridine rings is 1. The Balaban J connectivity index is 1.88. The van der Waals surface area contributed by atoms with Gasteiger partial charge in [-0.05, 0) is 41.8 Å². The van der Waals surface area contributed by atoms with Crippen LogP contribution in [0.3, 0.4) is 0 Å². The standard InChI is InChI=1S/C20H19FN2O2S/c21-20-11-5-4-8-18(20)12-14-23(16-17-7-6-13-22-15-17)26(24,25)19-9-2-1-3-10-19/h1-11,13,15H,12,14,16H2. The van der Waals surface area contributed by atoms with E-state index in [9.17, 15) is 12.8 Å². The van der Waals surface area contributed by atoms with Crippen LogP contribution in [0.4, 0.5) is 4.39 Å². The SMILES string of the molecule is O=S(=O)(c1ccccc1)N(CCc1ccccc1F)Cc1cccnc1. The lowest BCUT2D eigenvalue weighted by Crippen LogP contribution is -2.32. The van der Waals surface area contributed by atoms with Gasteiger partial charge in [0, 0.05) is 25.5 Å². The molecule has 3 rings (SSSR count). The third-order valence-corrected chi connectivity index (χ3v) is 5.91. The molecule has 0 fully saturated rings. The Bertz CT molecular complexity index is 948. The number of hydrogen-bond donors (Lipinski definition) is 0. The topological polar surface area (TPSA) is 50.3 Å². The van der Waals surface area contributed by atoms with Crippen LogP contribution in [0.25, 0.3) is 0 Å². The van der Waals surface area contributed by atoms with E-state index in [0.29, 0.717) is 12.0 Å². The van der Waals surface area contributed by atoms with Crippen LogP contribution in [-0.2, 0) is 23.0 Å². The molecule has 26 heavy (non-hydrogen) atoms. The van der Waals surface area contributed by atoms with Gasteiger partial charge in [-0.1, -0.05) is 42.5 Å². The normalized spacial score (nSPS) is 11.6. The van der Waals surface area contributed by atoms with Gasteiger partial charge in [0.25, 0.3) is 0 Å². The summed E-state index contributed by atoms with van der Waals surface area (Å²) < 4.78 is 41.4. The second kappa shape index (κ2) is 8.21. The van der Waals surface area contributed by atoms with Gasteiger partial charge in [0.2, 0.25) is 10.0 Å². The molecule has 0 unspecified atom stereocenters. The fourth-order valence-electron chi connectivity index (χ4n) is 2.67. The van der Waals surface area contributed by atoms with Crippen LogP contribution in [0.5, 0.6) is 0 Å². The Kier molecular flexibility index (Phi) is 5.75. The molecule has 1 heterocycles. The van der Waals surface area contributed by atoms with Crippen LogP contribution < -0.4 is 0 Å². The maximum absolute atomic E-state index is 13.9. The van der Waals surface area contributed by atoms with Gasteiger partial charge in [-0.15, -0.1) is 0 Å². The molecule has 0 atom stereocenters. The molecule has 0 radical (unpaired) electrons. The lowest BCUT2D eigenvalue weighted by Gasteiger charge is -2.22. The average Bonchev–Trinajstić information content (AvgIpc) is 2.67. The van der Waals surface area contributed by atoms with Gasteiger partial charge in [-0.25, -0.2) is 12.8 Å². The Morgan fingerprint density at radius 1 is 0.923 bits per heavy atom. The fraction of sp³-hybridized carbons (Fsp3) is 0.150. The molecule has 6 heteroatoms. The van der Waals surface area contributed by atoms with Crippen LogP contribution in [0.1, 0.15) is 11.1 Å². The van der Waals surface area contributed by atoms with E-state index in [0.717, 1.165) is 5.56 Å². The number of aromatic nitrogens is 1. The minimum atomic E-state index is -3.70. The smallest absolute Gasteiger partial charge is 0.243 e. The van der Waals surface area contributed by atoms with E-state index in [4.69, 9.17) is 0 Å². The molecule has 0 amide bonds. The molecule has 4 nitrogen and oxygen atoms in total. The Hall–Kier alpha value is -2.57. The zero-order chi connectivity index (χ0) is 18.4. The van der Waals surface area contributed by atoms with E-state index in [1.165, 1.54) is 10.4 Å². The van der Waals surface area contributed by atoms with Crippen molar-refractivity contribution in [1.29, 1.82) is 0 Å². The van der Waals surface area contributed by atoms with Gasteiger partial charge < -0.3 is 0 Å². The average molecular weight is 370 g/mol. The van der Waals surface area contributed by atoms with Crippen LogP contribution in [0.15, 0.2) is 84.0 Å². The number of halogens is 1. The first-order valence-electron chi connectivity index (χ1n) is 8.25. The van der Waals surface area contributed by atoms with Gasteiger partial charge >= 0.3 is 0 Å².